The maximum absolute atomic E-state index is 12.5. The van der Waals surface area contributed by atoms with Gasteiger partial charge in [-0.2, -0.15) is 5.10 Å². The van der Waals surface area contributed by atoms with Crippen molar-refractivity contribution in [2.24, 2.45) is 5.10 Å². The van der Waals surface area contributed by atoms with E-state index >= 15 is 0 Å². The predicted octanol–water partition coefficient (Wildman–Crippen LogP) is 2.66. The van der Waals surface area contributed by atoms with Gasteiger partial charge < -0.3 is 9.72 Å². The molecule has 3 aromatic rings. The van der Waals surface area contributed by atoms with Gasteiger partial charge in [0.25, 0.3) is 11.2 Å². The van der Waals surface area contributed by atoms with Crippen molar-refractivity contribution in [2.45, 2.75) is 26.4 Å². The number of aromatic nitrogens is 2. The first kappa shape index (κ1) is 19.0. The van der Waals surface area contributed by atoms with Gasteiger partial charge in [-0.25, -0.2) is 4.79 Å². The summed E-state index contributed by atoms with van der Waals surface area (Å²) in [6.45, 7) is 3.80. The minimum atomic E-state index is -0.713. The van der Waals surface area contributed by atoms with Crippen molar-refractivity contribution in [3.63, 3.8) is 0 Å². The molecule has 0 spiro atoms. The van der Waals surface area contributed by atoms with E-state index in [4.69, 9.17) is 4.74 Å². The Morgan fingerprint density at radius 3 is 2.75 bits per heavy atom. The number of nitro benzene ring substituents is 1. The Hall–Kier alpha value is -3.75. The lowest BCUT2D eigenvalue weighted by Crippen LogP contribution is -2.32. The molecular weight excluding hydrogens is 364 g/mol. The number of aromatic amines is 1. The first-order valence-electron chi connectivity index (χ1n) is 8.64. The fraction of sp³-hybridized carbons (Fsp3) is 0.211. The number of nitrogens with zero attached hydrogens (tertiary/aromatic N) is 3. The van der Waals surface area contributed by atoms with Crippen LogP contribution in [0.5, 0.6) is 5.75 Å². The van der Waals surface area contributed by atoms with Gasteiger partial charge in [-0.3, -0.25) is 14.9 Å². The molecule has 1 atom stereocenters. The minimum Gasteiger partial charge on any atom is -0.490 e. The van der Waals surface area contributed by atoms with Crippen molar-refractivity contribution in [3.05, 3.63) is 79.0 Å². The Balaban J connectivity index is 2.10. The number of benzene rings is 2. The highest BCUT2D eigenvalue weighted by atomic mass is 16.6. The number of hydrogen-bond acceptors (Lipinski definition) is 6. The zero-order valence-electron chi connectivity index (χ0n) is 15.3. The van der Waals surface area contributed by atoms with Crippen molar-refractivity contribution >= 4 is 22.8 Å². The van der Waals surface area contributed by atoms with Crippen LogP contribution in [0, 0.1) is 10.1 Å². The minimum absolute atomic E-state index is 0.125. The van der Waals surface area contributed by atoms with Crippen LogP contribution < -0.4 is 16.0 Å². The third kappa shape index (κ3) is 3.83. The highest BCUT2D eigenvalue weighted by Crippen LogP contribution is 2.24. The standard InChI is InChI=1S/C19H18N4O5/c1-3-12(2)28-17-9-8-14(23(26)27)10-13(17)11-20-22-18(24)15-6-4-5-7-16(15)21-19(22)25/h4-12H,3H2,1-2H3,(H,21,25). The highest BCUT2D eigenvalue weighted by Gasteiger charge is 2.13. The van der Waals surface area contributed by atoms with Crippen molar-refractivity contribution < 1.29 is 9.66 Å². The van der Waals surface area contributed by atoms with E-state index < -0.39 is 16.2 Å². The van der Waals surface area contributed by atoms with Crippen LogP contribution in [-0.2, 0) is 0 Å². The lowest BCUT2D eigenvalue weighted by Gasteiger charge is -2.14. The highest BCUT2D eigenvalue weighted by molar-refractivity contribution is 5.85. The molecule has 0 amide bonds. The molecule has 9 heteroatoms. The largest absolute Gasteiger partial charge is 0.490 e. The molecule has 0 saturated carbocycles. The van der Waals surface area contributed by atoms with Gasteiger partial charge in [0, 0.05) is 17.7 Å². The summed E-state index contributed by atoms with van der Waals surface area (Å²) in [4.78, 5) is 37.9. The second-order valence-electron chi connectivity index (χ2n) is 6.15. The normalized spacial score (nSPS) is 12.4. The zero-order chi connectivity index (χ0) is 20.3. The summed E-state index contributed by atoms with van der Waals surface area (Å²) in [7, 11) is 0. The lowest BCUT2D eigenvalue weighted by molar-refractivity contribution is -0.384. The number of fused-ring (bicyclic) bond motifs is 1. The van der Waals surface area contributed by atoms with E-state index in [0.717, 1.165) is 6.42 Å². The summed E-state index contributed by atoms with van der Waals surface area (Å²) in [6.07, 6.45) is 1.81. The molecule has 9 nitrogen and oxygen atoms in total. The maximum atomic E-state index is 12.5. The summed E-state index contributed by atoms with van der Waals surface area (Å²) in [5.41, 5.74) is -0.771. The van der Waals surface area contributed by atoms with E-state index in [9.17, 15) is 19.7 Å². The second-order valence-corrected chi connectivity index (χ2v) is 6.15. The Morgan fingerprint density at radius 1 is 1.29 bits per heavy atom. The van der Waals surface area contributed by atoms with Gasteiger partial charge in [-0.15, -0.1) is 4.68 Å². The van der Waals surface area contributed by atoms with Crippen LogP contribution >= 0.6 is 0 Å². The van der Waals surface area contributed by atoms with Gasteiger partial charge in [0.05, 0.1) is 28.1 Å². The van der Waals surface area contributed by atoms with Gasteiger partial charge in [0.2, 0.25) is 0 Å². The Bertz CT molecular complexity index is 1180. The van der Waals surface area contributed by atoms with E-state index in [0.29, 0.717) is 21.3 Å². The second kappa shape index (κ2) is 7.87. The molecule has 3 rings (SSSR count). The monoisotopic (exact) mass is 382 g/mol. The van der Waals surface area contributed by atoms with Gasteiger partial charge in [-0.1, -0.05) is 19.1 Å². The van der Waals surface area contributed by atoms with E-state index in [1.807, 2.05) is 13.8 Å². The molecule has 0 aliphatic carbocycles. The molecule has 0 saturated heterocycles. The van der Waals surface area contributed by atoms with Crippen LogP contribution in [0.2, 0.25) is 0 Å². The van der Waals surface area contributed by atoms with Crippen LogP contribution in [0.25, 0.3) is 10.9 Å². The first-order valence-corrected chi connectivity index (χ1v) is 8.64. The molecule has 1 heterocycles. The summed E-state index contributed by atoms with van der Waals surface area (Å²) in [6, 6.07) is 10.6. The Morgan fingerprint density at radius 2 is 2.04 bits per heavy atom. The molecule has 144 valence electrons. The number of nitro groups is 1. The van der Waals surface area contributed by atoms with Gasteiger partial charge in [0.1, 0.15) is 5.75 Å². The number of nitrogens with one attached hydrogen (secondary N) is 1. The molecular formula is C19H18N4O5. The number of para-hydroxylation sites is 1. The number of rotatable bonds is 6. The molecule has 0 fully saturated rings. The summed E-state index contributed by atoms with van der Waals surface area (Å²) in [5, 5.41) is 15.3. The van der Waals surface area contributed by atoms with Crippen LogP contribution in [0.3, 0.4) is 0 Å². The molecule has 28 heavy (non-hydrogen) atoms. The molecule has 2 aromatic carbocycles. The molecule has 0 bridgehead atoms. The molecule has 1 aromatic heterocycles. The van der Waals surface area contributed by atoms with Crippen LogP contribution in [-0.4, -0.2) is 26.9 Å². The molecule has 0 radical (unpaired) electrons. The predicted molar refractivity (Wildman–Crippen MR) is 105 cm³/mol. The SMILES string of the molecule is CCC(C)Oc1ccc([N+](=O)[O-])cc1C=Nn1c(=O)[nH]c2ccccc2c1=O. The molecule has 1 unspecified atom stereocenters. The van der Waals surface area contributed by atoms with E-state index in [1.165, 1.54) is 24.4 Å². The fourth-order valence-corrected chi connectivity index (χ4v) is 2.54. The number of hydrogen-bond donors (Lipinski definition) is 1. The van der Waals surface area contributed by atoms with Gasteiger partial charge in [-0.05, 0) is 31.5 Å². The van der Waals surface area contributed by atoms with Crippen LogP contribution in [0.4, 0.5) is 5.69 Å². The van der Waals surface area contributed by atoms with Gasteiger partial charge >= 0.3 is 5.69 Å². The molecule has 1 N–H and O–H groups in total. The fourth-order valence-electron chi connectivity index (χ4n) is 2.54. The van der Waals surface area contributed by atoms with Crippen molar-refractivity contribution in [1.82, 2.24) is 9.66 Å². The van der Waals surface area contributed by atoms with Crippen molar-refractivity contribution in [1.29, 1.82) is 0 Å². The van der Waals surface area contributed by atoms with Gasteiger partial charge in [0.15, 0.2) is 0 Å². The van der Waals surface area contributed by atoms with Crippen molar-refractivity contribution in [3.8, 4) is 5.75 Å². The Kier molecular flexibility index (Phi) is 5.35. The quantitative estimate of drug-likeness (QED) is 0.399. The third-order valence-electron chi connectivity index (χ3n) is 4.20. The smallest absolute Gasteiger partial charge is 0.349 e. The number of H-pyrrole nitrogens is 1. The van der Waals surface area contributed by atoms with E-state index in [1.54, 1.807) is 24.3 Å². The van der Waals surface area contributed by atoms with E-state index in [-0.39, 0.29) is 17.4 Å². The van der Waals surface area contributed by atoms with Crippen molar-refractivity contribution in [2.75, 3.05) is 0 Å². The average molecular weight is 382 g/mol. The zero-order valence-corrected chi connectivity index (χ0v) is 15.3. The Labute approximate surface area is 159 Å². The first-order chi connectivity index (χ1) is 13.4. The molecule has 0 aliphatic rings. The summed E-state index contributed by atoms with van der Waals surface area (Å²) < 4.78 is 6.44. The molecule has 0 aliphatic heterocycles. The number of non-ortho nitro benzene ring substituents is 1. The topological polar surface area (TPSA) is 120 Å². The number of ether oxygens (including phenoxy) is 1. The summed E-state index contributed by atoms with van der Waals surface area (Å²) in [5.74, 6) is 0.369. The summed E-state index contributed by atoms with van der Waals surface area (Å²) >= 11 is 0. The lowest BCUT2D eigenvalue weighted by atomic mass is 10.2. The average Bonchev–Trinajstić information content (AvgIpc) is 2.68. The van der Waals surface area contributed by atoms with Crippen LogP contribution in [0.15, 0.2) is 57.2 Å². The van der Waals surface area contributed by atoms with E-state index in [2.05, 4.69) is 10.1 Å². The maximum Gasteiger partial charge on any atom is 0.349 e. The third-order valence-corrected chi connectivity index (χ3v) is 4.20. The van der Waals surface area contributed by atoms with Crippen LogP contribution in [0.1, 0.15) is 25.8 Å².